The second kappa shape index (κ2) is 11.8. The lowest BCUT2D eigenvalue weighted by Gasteiger charge is -2.16. The quantitative estimate of drug-likeness (QED) is 0.221. The van der Waals surface area contributed by atoms with Crippen LogP contribution in [0.1, 0.15) is 5.69 Å². The Morgan fingerprint density at radius 2 is 1.78 bits per heavy atom. The zero-order valence-corrected chi connectivity index (χ0v) is 20.9. The molecule has 0 saturated heterocycles. The lowest BCUT2D eigenvalue weighted by molar-refractivity contribution is -0.147. The first-order valence-corrected chi connectivity index (χ1v) is 11.6. The molecule has 0 spiro atoms. The van der Waals surface area contributed by atoms with Crippen LogP contribution in [0.4, 0.5) is 17.6 Å². The zero-order chi connectivity index (χ0) is 27.3. The molecule has 198 valence electrons. The van der Waals surface area contributed by atoms with Gasteiger partial charge in [0, 0.05) is 25.1 Å². The van der Waals surface area contributed by atoms with Gasteiger partial charge in [0.25, 0.3) is 5.56 Å². The molecule has 1 heterocycles. The number of rotatable bonds is 9. The standard InChI is InChI=1S/C23H19ClF4N2O6S/c1-29-19(23(26,27)28)11-20(31)30(22(29)33)15-10-18(13(24)9-14(15)25)37-17-6-4-3-5-16(17)36-12-21(32)35-8-7-34-2/h3-6,9-11H,7-8,12H2,1-2H3. The van der Waals surface area contributed by atoms with Crippen LogP contribution >= 0.6 is 23.4 Å². The van der Waals surface area contributed by atoms with E-state index in [0.29, 0.717) is 4.90 Å². The van der Waals surface area contributed by atoms with Gasteiger partial charge in [-0.2, -0.15) is 13.2 Å². The molecule has 3 aromatic rings. The van der Waals surface area contributed by atoms with Gasteiger partial charge in [-0.3, -0.25) is 9.36 Å². The van der Waals surface area contributed by atoms with Gasteiger partial charge >= 0.3 is 17.8 Å². The summed E-state index contributed by atoms with van der Waals surface area (Å²) in [6.45, 7) is -0.152. The summed E-state index contributed by atoms with van der Waals surface area (Å²) < 4.78 is 70.0. The Morgan fingerprint density at radius 1 is 1.08 bits per heavy atom. The van der Waals surface area contributed by atoms with Crippen molar-refractivity contribution >= 4 is 29.3 Å². The molecule has 0 N–H and O–H groups in total. The van der Waals surface area contributed by atoms with Crippen LogP contribution in [0.5, 0.6) is 5.75 Å². The number of alkyl halides is 3. The summed E-state index contributed by atoms with van der Waals surface area (Å²) in [5, 5.41) is -0.100. The van der Waals surface area contributed by atoms with Crippen LogP contribution < -0.4 is 16.0 Å². The average Bonchev–Trinajstić information content (AvgIpc) is 2.83. The number of benzene rings is 2. The topological polar surface area (TPSA) is 88.8 Å². The summed E-state index contributed by atoms with van der Waals surface area (Å²) in [7, 11) is 2.27. The number of hydrogen-bond donors (Lipinski definition) is 0. The Balaban J connectivity index is 1.96. The fourth-order valence-electron chi connectivity index (χ4n) is 3.08. The number of nitrogens with zero attached hydrogens (tertiary/aromatic N) is 2. The second-order valence-corrected chi connectivity index (χ2v) is 8.82. The third-order valence-corrected chi connectivity index (χ3v) is 6.36. The molecule has 0 radical (unpaired) electrons. The summed E-state index contributed by atoms with van der Waals surface area (Å²) in [5.41, 5.74) is -4.84. The van der Waals surface area contributed by atoms with Gasteiger partial charge in [-0.15, -0.1) is 0 Å². The van der Waals surface area contributed by atoms with Gasteiger partial charge in [-0.1, -0.05) is 35.5 Å². The summed E-state index contributed by atoms with van der Waals surface area (Å²) >= 11 is 7.13. The van der Waals surface area contributed by atoms with Crippen molar-refractivity contribution in [2.45, 2.75) is 16.0 Å². The summed E-state index contributed by atoms with van der Waals surface area (Å²) in [4.78, 5) is 37.5. The Morgan fingerprint density at radius 3 is 2.46 bits per heavy atom. The third-order valence-electron chi connectivity index (χ3n) is 4.82. The van der Waals surface area contributed by atoms with E-state index in [-0.39, 0.29) is 44.1 Å². The fraction of sp³-hybridized carbons (Fsp3) is 0.261. The number of para-hydroxylation sites is 1. The maximum Gasteiger partial charge on any atom is 0.431 e. The maximum atomic E-state index is 14.8. The van der Waals surface area contributed by atoms with Crippen molar-refractivity contribution in [1.82, 2.24) is 9.13 Å². The van der Waals surface area contributed by atoms with E-state index in [1.54, 1.807) is 24.3 Å². The number of hydrogen-bond acceptors (Lipinski definition) is 7. The van der Waals surface area contributed by atoms with E-state index in [1.165, 1.54) is 7.11 Å². The largest absolute Gasteiger partial charge is 0.481 e. The molecular weight excluding hydrogens is 544 g/mol. The van der Waals surface area contributed by atoms with E-state index >= 15 is 0 Å². The number of carbonyl (C=O) groups excluding carboxylic acids is 1. The molecule has 0 atom stereocenters. The number of ether oxygens (including phenoxy) is 3. The molecule has 14 heteroatoms. The predicted octanol–water partition coefficient (Wildman–Crippen LogP) is 4.07. The van der Waals surface area contributed by atoms with Crippen LogP contribution in [0.25, 0.3) is 5.69 Å². The molecular formula is C23H19ClF4N2O6S. The maximum absolute atomic E-state index is 14.8. The summed E-state index contributed by atoms with van der Waals surface area (Å²) in [6.07, 6.45) is -4.97. The van der Waals surface area contributed by atoms with Crippen molar-refractivity contribution in [2.75, 3.05) is 26.9 Å². The minimum absolute atomic E-state index is 0.0475. The molecule has 2 aromatic carbocycles. The van der Waals surface area contributed by atoms with Crippen LogP contribution in [-0.2, 0) is 27.5 Å². The molecule has 0 unspecified atom stereocenters. The number of halogens is 5. The SMILES string of the molecule is COCCOC(=O)COc1ccccc1Sc1cc(-n2c(=O)cc(C(F)(F)F)n(C)c2=O)c(F)cc1Cl. The van der Waals surface area contributed by atoms with Gasteiger partial charge in [0.05, 0.1) is 22.2 Å². The first kappa shape index (κ1) is 28.3. The van der Waals surface area contributed by atoms with Crippen molar-refractivity contribution < 1.29 is 36.6 Å². The molecule has 0 amide bonds. The minimum atomic E-state index is -4.97. The highest BCUT2D eigenvalue weighted by molar-refractivity contribution is 7.99. The summed E-state index contributed by atoms with van der Waals surface area (Å²) in [6, 6.07) is 8.56. The van der Waals surface area contributed by atoms with Crippen LogP contribution in [0.2, 0.25) is 5.02 Å². The normalized spacial score (nSPS) is 11.4. The third kappa shape index (κ3) is 6.73. The molecule has 0 saturated carbocycles. The molecule has 37 heavy (non-hydrogen) atoms. The van der Waals surface area contributed by atoms with E-state index < -0.39 is 47.2 Å². The van der Waals surface area contributed by atoms with Crippen LogP contribution in [0, 0.1) is 5.82 Å². The Bertz CT molecular complexity index is 1420. The van der Waals surface area contributed by atoms with Crippen molar-refractivity contribution in [3.63, 3.8) is 0 Å². The van der Waals surface area contributed by atoms with Gasteiger partial charge in [-0.25, -0.2) is 18.5 Å². The van der Waals surface area contributed by atoms with Gasteiger partial charge in [0.2, 0.25) is 0 Å². The first-order valence-electron chi connectivity index (χ1n) is 10.4. The number of aromatic nitrogens is 2. The predicted molar refractivity (Wildman–Crippen MR) is 126 cm³/mol. The van der Waals surface area contributed by atoms with Gasteiger partial charge in [-0.05, 0) is 24.3 Å². The fourth-order valence-corrected chi connectivity index (χ4v) is 4.28. The van der Waals surface area contributed by atoms with E-state index in [9.17, 15) is 31.9 Å². The van der Waals surface area contributed by atoms with E-state index in [2.05, 4.69) is 0 Å². The average molecular weight is 563 g/mol. The van der Waals surface area contributed by atoms with E-state index in [0.717, 1.165) is 30.9 Å². The zero-order valence-electron chi connectivity index (χ0n) is 19.3. The number of carbonyl (C=O) groups is 1. The molecule has 0 bridgehead atoms. The molecule has 3 rings (SSSR count). The summed E-state index contributed by atoms with van der Waals surface area (Å²) in [5.74, 6) is -1.49. The molecule has 0 fully saturated rings. The van der Waals surface area contributed by atoms with Crippen molar-refractivity contribution in [2.24, 2.45) is 7.05 Å². The monoisotopic (exact) mass is 562 g/mol. The number of methoxy groups -OCH3 is 1. The van der Waals surface area contributed by atoms with E-state index in [1.807, 2.05) is 0 Å². The number of esters is 1. The molecule has 8 nitrogen and oxygen atoms in total. The lowest BCUT2D eigenvalue weighted by atomic mass is 10.3. The first-order chi connectivity index (χ1) is 17.4. The van der Waals surface area contributed by atoms with Gasteiger partial charge in [0.1, 0.15) is 23.9 Å². The molecule has 1 aromatic heterocycles. The van der Waals surface area contributed by atoms with Crippen molar-refractivity contribution in [1.29, 1.82) is 0 Å². The molecule has 0 aliphatic carbocycles. The Hall–Kier alpha value is -3.29. The van der Waals surface area contributed by atoms with Gasteiger partial charge < -0.3 is 14.2 Å². The van der Waals surface area contributed by atoms with Crippen LogP contribution in [-0.4, -0.2) is 42.0 Å². The Kier molecular flexibility index (Phi) is 9.05. The van der Waals surface area contributed by atoms with Crippen molar-refractivity contribution in [3.8, 4) is 11.4 Å². The smallest absolute Gasteiger partial charge is 0.431 e. The second-order valence-electron chi connectivity index (χ2n) is 7.33. The Labute approximate surface area is 216 Å². The highest BCUT2D eigenvalue weighted by atomic mass is 35.5. The molecule has 0 aliphatic heterocycles. The van der Waals surface area contributed by atoms with Gasteiger partial charge in [0.15, 0.2) is 6.61 Å². The van der Waals surface area contributed by atoms with Crippen LogP contribution in [0.15, 0.2) is 61.8 Å². The highest BCUT2D eigenvalue weighted by Crippen LogP contribution is 2.39. The van der Waals surface area contributed by atoms with Crippen molar-refractivity contribution in [3.05, 3.63) is 79.8 Å². The minimum Gasteiger partial charge on any atom is -0.481 e. The van der Waals surface area contributed by atoms with E-state index in [4.69, 9.17) is 25.8 Å². The van der Waals surface area contributed by atoms with Crippen LogP contribution in [0.3, 0.4) is 0 Å². The molecule has 0 aliphatic rings. The highest BCUT2D eigenvalue weighted by Gasteiger charge is 2.35. The lowest BCUT2D eigenvalue weighted by Crippen LogP contribution is -2.41.